The summed E-state index contributed by atoms with van der Waals surface area (Å²) in [6, 6.07) is 0. The Bertz CT molecular complexity index is 408. The van der Waals surface area contributed by atoms with E-state index in [1.807, 2.05) is 19.4 Å². The van der Waals surface area contributed by atoms with E-state index >= 15 is 0 Å². The van der Waals surface area contributed by atoms with E-state index in [0.29, 0.717) is 0 Å². The molecule has 2 heterocycles. The summed E-state index contributed by atoms with van der Waals surface area (Å²) in [6.45, 7) is 6.51. The number of rotatable bonds is 3. The number of thiazole rings is 1. The van der Waals surface area contributed by atoms with Crippen LogP contribution in [-0.2, 0) is 11.3 Å². The van der Waals surface area contributed by atoms with Crippen LogP contribution in [0.25, 0.3) is 0 Å². The largest absolute Gasteiger partial charge is 0.481 e. The van der Waals surface area contributed by atoms with E-state index in [9.17, 15) is 4.79 Å². The van der Waals surface area contributed by atoms with Crippen LogP contribution in [0.1, 0.15) is 30.3 Å². The Morgan fingerprint density at radius 3 is 2.71 bits per heavy atom. The maximum atomic E-state index is 11.1. The average molecular weight is 254 g/mol. The Kier molecular flexibility index (Phi) is 3.49. The lowest BCUT2D eigenvalue weighted by Crippen LogP contribution is -2.42. The molecular formula is C12H18N2O2S. The zero-order valence-electron chi connectivity index (χ0n) is 10.3. The first kappa shape index (κ1) is 12.5. The van der Waals surface area contributed by atoms with Crippen molar-refractivity contribution in [2.45, 2.75) is 33.2 Å². The van der Waals surface area contributed by atoms with E-state index < -0.39 is 11.4 Å². The quantitative estimate of drug-likeness (QED) is 0.898. The lowest BCUT2D eigenvalue weighted by Gasteiger charge is -2.36. The Hall–Kier alpha value is -0.940. The van der Waals surface area contributed by atoms with Gasteiger partial charge in [-0.15, -0.1) is 11.3 Å². The standard InChI is InChI=1S/C12H18N2O2S/c1-9-10(17-8-13-9)7-14-5-3-12(2,4-6-14)11(15)16/h8H,3-7H2,1-2H3,(H,15,16). The van der Waals surface area contributed by atoms with Crippen molar-refractivity contribution in [3.05, 3.63) is 16.1 Å². The maximum Gasteiger partial charge on any atom is 0.309 e. The molecule has 1 aliphatic heterocycles. The Balaban J connectivity index is 1.92. The first-order chi connectivity index (χ1) is 8.01. The van der Waals surface area contributed by atoms with Crippen LogP contribution in [0.5, 0.6) is 0 Å². The minimum Gasteiger partial charge on any atom is -0.481 e. The average Bonchev–Trinajstić information content (AvgIpc) is 2.68. The number of likely N-dealkylation sites (tertiary alicyclic amines) is 1. The minimum absolute atomic E-state index is 0.529. The van der Waals surface area contributed by atoms with Gasteiger partial charge < -0.3 is 5.11 Å². The van der Waals surface area contributed by atoms with Crippen molar-refractivity contribution in [2.75, 3.05) is 13.1 Å². The molecular weight excluding hydrogens is 236 g/mol. The summed E-state index contributed by atoms with van der Waals surface area (Å²) in [7, 11) is 0. The first-order valence-electron chi connectivity index (χ1n) is 5.86. The number of carbonyl (C=O) groups is 1. The molecule has 0 atom stereocenters. The molecule has 0 radical (unpaired) electrons. The van der Waals surface area contributed by atoms with Gasteiger partial charge in [0.05, 0.1) is 16.6 Å². The molecule has 94 valence electrons. The molecule has 1 aromatic rings. The van der Waals surface area contributed by atoms with E-state index in [0.717, 1.165) is 38.2 Å². The maximum absolute atomic E-state index is 11.1. The lowest BCUT2D eigenvalue weighted by atomic mass is 9.80. The summed E-state index contributed by atoms with van der Waals surface area (Å²) < 4.78 is 0. The van der Waals surface area contributed by atoms with Gasteiger partial charge in [0.2, 0.25) is 0 Å². The van der Waals surface area contributed by atoms with Gasteiger partial charge >= 0.3 is 5.97 Å². The lowest BCUT2D eigenvalue weighted by molar-refractivity contribution is -0.150. The van der Waals surface area contributed by atoms with E-state index in [-0.39, 0.29) is 0 Å². The van der Waals surface area contributed by atoms with E-state index in [2.05, 4.69) is 9.88 Å². The van der Waals surface area contributed by atoms with Gasteiger partial charge in [-0.3, -0.25) is 9.69 Å². The van der Waals surface area contributed by atoms with Crippen LogP contribution < -0.4 is 0 Å². The molecule has 0 spiro atoms. The van der Waals surface area contributed by atoms with Crippen LogP contribution >= 0.6 is 11.3 Å². The summed E-state index contributed by atoms with van der Waals surface area (Å²) in [5.41, 5.74) is 2.44. The fourth-order valence-electron chi connectivity index (χ4n) is 2.10. The Morgan fingerprint density at radius 1 is 1.59 bits per heavy atom. The molecule has 17 heavy (non-hydrogen) atoms. The second-order valence-electron chi connectivity index (χ2n) is 5.00. The summed E-state index contributed by atoms with van der Waals surface area (Å²) in [6.07, 6.45) is 1.47. The highest BCUT2D eigenvalue weighted by Gasteiger charge is 2.36. The molecule has 0 saturated carbocycles. The molecule has 1 saturated heterocycles. The van der Waals surface area contributed by atoms with Gasteiger partial charge in [0.1, 0.15) is 0 Å². The van der Waals surface area contributed by atoms with Crippen LogP contribution in [-0.4, -0.2) is 34.0 Å². The highest BCUT2D eigenvalue weighted by atomic mass is 32.1. The monoisotopic (exact) mass is 254 g/mol. The van der Waals surface area contributed by atoms with Crippen molar-refractivity contribution >= 4 is 17.3 Å². The van der Waals surface area contributed by atoms with Crippen LogP contribution in [0.4, 0.5) is 0 Å². The van der Waals surface area contributed by atoms with Gasteiger partial charge in [-0.25, -0.2) is 4.98 Å². The molecule has 5 heteroatoms. The third-order valence-electron chi connectivity index (χ3n) is 3.69. The predicted octanol–water partition coefficient (Wildman–Crippen LogP) is 2.14. The second kappa shape index (κ2) is 4.74. The SMILES string of the molecule is Cc1ncsc1CN1CCC(C)(C(=O)O)CC1. The summed E-state index contributed by atoms with van der Waals surface area (Å²) in [5.74, 6) is -0.661. The fourth-order valence-corrected chi connectivity index (χ4v) is 2.92. The van der Waals surface area contributed by atoms with Gasteiger partial charge in [0, 0.05) is 11.4 Å². The van der Waals surface area contributed by atoms with Crippen LogP contribution in [0.2, 0.25) is 0 Å². The number of carboxylic acid groups (broad SMARTS) is 1. The van der Waals surface area contributed by atoms with Crippen molar-refractivity contribution < 1.29 is 9.90 Å². The normalized spacial score (nSPS) is 20.4. The third kappa shape index (κ3) is 2.66. The molecule has 0 bridgehead atoms. The summed E-state index contributed by atoms with van der Waals surface area (Å²) in [4.78, 5) is 19.0. The van der Waals surface area contributed by atoms with Gasteiger partial charge in [-0.1, -0.05) is 0 Å². The van der Waals surface area contributed by atoms with Crippen LogP contribution in [0.3, 0.4) is 0 Å². The van der Waals surface area contributed by atoms with Crippen LogP contribution in [0.15, 0.2) is 5.51 Å². The number of hydrogen-bond acceptors (Lipinski definition) is 4. The van der Waals surface area contributed by atoms with Gasteiger partial charge in [0.25, 0.3) is 0 Å². The third-order valence-corrected chi connectivity index (χ3v) is 4.61. The van der Waals surface area contributed by atoms with E-state index in [4.69, 9.17) is 5.11 Å². The topological polar surface area (TPSA) is 53.4 Å². The highest BCUT2D eigenvalue weighted by molar-refractivity contribution is 7.09. The molecule has 1 N–H and O–H groups in total. The molecule has 0 amide bonds. The molecule has 1 aliphatic rings. The van der Waals surface area contributed by atoms with Gasteiger partial charge in [0.15, 0.2) is 0 Å². The molecule has 1 fully saturated rings. The number of aromatic nitrogens is 1. The Morgan fingerprint density at radius 2 is 2.24 bits per heavy atom. The molecule has 0 unspecified atom stereocenters. The molecule has 0 aromatic carbocycles. The van der Waals surface area contributed by atoms with Crippen molar-refractivity contribution in [3.63, 3.8) is 0 Å². The number of piperidine rings is 1. The number of aryl methyl sites for hydroxylation is 1. The van der Waals surface area contributed by atoms with Gasteiger partial charge in [-0.05, 0) is 39.8 Å². The van der Waals surface area contributed by atoms with Crippen molar-refractivity contribution in [1.82, 2.24) is 9.88 Å². The number of carboxylic acids is 1. The number of hydrogen-bond donors (Lipinski definition) is 1. The van der Waals surface area contributed by atoms with E-state index in [1.165, 1.54) is 4.88 Å². The summed E-state index contributed by atoms with van der Waals surface area (Å²) >= 11 is 1.68. The number of nitrogens with zero attached hydrogens (tertiary/aromatic N) is 2. The predicted molar refractivity (Wildman–Crippen MR) is 67.1 cm³/mol. The second-order valence-corrected chi connectivity index (χ2v) is 5.94. The molecule has 4 nitrogen and oxygen atoms in total. The summed E-state index contributed by atoms with van der Waals surface area (Å²) in [5, 5.41) is 9.16. The van der Waals surface area contributed by atoms with E-state index in [1.54, 1.807) is 11.3 Å². The van der Waals surface area contributed by atoms with Crippen molar-refractivity contribution in [1.29, 1.82) is 0 Å². The first-order valence-corrected chi connectivity index (χ1v) is 6.74. The highest BCUT2D eigenvalue weighted by Crippen LogP contribution is 2.32. The zero-order chi connectivity index (χ0) is 12.5. The van der Waals surface area contributed by atoms with Crippen molar-refractivity contribution in [3.8, 4) is 0 Å². The molecule has 2 rings (SSSR count). The molecule has 1 aromatic heterocycles. The number of aliphatic carboxylic acids is 1. The fraction of sp³-hybridized carbons (Fsp3) is 0.667. The van der Waals surface area contributed by atoms with Gasteiger partial charge in [-0.2, -0.15) is 0 Å². The van der Waals surface area contributed by atoms with Crippen molar-refractivity contribution in [2.24, 2.45) is 5.41 Å². The Labute approximate surface area is 105 Å². The minimum atomic E-state index is -0.661. The van der Waals surface area contributed by atoms with Crippen LogP contribution in [0, 0.1) is 12.3 Å². The smallest absolute Gasteiger partial charge is 0.309 e. The zero-order valence-corrected chi connectivity index (χ0v) is 11.1. The molecule has 0 aliphatic carbocycles.